The third kappa shape index (κ3) is 5.03. The molecule has 0 radical (unpaired) electrons. The smallest absolute Gasteiger partial charge is 0.410 e. The molecule has 5 nitrogen and oxygen atoms in total. The number of amides is 1. The Balaban J connectivity index is 1.98. The number of halogens is 1. The molecule has 23 heavy (non-hydrogen) atoms. The summed E-state index contributed by atoms with van der Waals surface area (Å²) >= 11 is 3.41. The van der Waals surface area contributed by atoms with Gasteiger partial charge in [-0.25, -0.2) is 4.79 Å². The highest BCUT2D eigenvalue weighted by atomic mass is 79.9. The second kappa shape index (κ2) is 7.43. The molecule has 128 valence electrons. The van der Waals surface area contributed by atoms with Gasteiger partial charge in [0, 0.05) is 11.0 Å². The Bertz CT molecular complexity index is 556. The largest absolute Gasteiger partial charge is 0.493 e. The van der Waals surface area contributed by atoms with Gasteiger partial charge >= 0.3 is 6.09 Å². The molecular weight excluding hydrogens is 362 g/mol. The average Bonchev–Trinajstić information content (AvgIpc) is 2.92. The number of methoxy groups -OCH3 is 1. The van der Waals surface area contributed by atoms with Crippen molar-refractivity contribution in [3.63, 3.8) is 0 Å². The van der Waals surface area contributed by atoms with E-state index in [1.54, 1.807) is 12.0 Å². The zero-order valence-electron chi connectivity index (χ0n) is 14.1. The number of carbonyl (C=O) groups is 1. The first-order valence-corrected chi connectivity index (χ1v) is 8.55. The van der Waals surface area contributed by atoms with Crippen molar-refractivity contribution in [1.82, 2.24) is 4.90 Å². The van der Waals surface area contributed by atoms with Crippen molar-refractivity contribution in [2.45, 2.75) is 45.3 Å². The van der Waals surface area contributed by atoms with E-state index in [0.717, 1.165) is 17.3 Å². The van der Waals surface area contributed by atoms with Crippen molar-refractivity contribution in [3.05, 3.63) is 22.7 Å². The number of nitrogens with zero attached hydrogens (tertiary/aromatic N) is 1. The molecule has 1 aromatic carbocycles. The minimum atomic E-state index is -0.486. The Morgan fingerprint density at radius 2 is 2.09 bits per heavy atom. The third-order valence-corrected chi connectivity index (χ3v) is 4.06. The molecule has 1 fully saturated rings. The molecule has 0 saturated carbocycles. The fraction of sp³-hybridized carbons (Fsp3) is 0.588. The molecule has 0 bridgehead atoms. The summed E-state index contributed by atoms with van der Waals surface area (Å²) in [6, 6.07) is 5.64. The van der Waals surface area contributed by atoms with E-state index < -0.39 is 5.60 Å². The molecule has 1 aliphatic heterocycles. The normalized spacial score (nSPS) is 18.0. The third-order valence-electron chi connectivity index (χ3n) is 3.56. The predicted octanol–water partition coefficient (Wildman–Crippen LogP) is 4.24. The topological polar surface area (TPSA) is 48.0 Å². The number of rotatable bonds is 4. The van der Waals surface area contributed by atoms with Crippen molar-refractivity contribution in [2.24, 2.45) is 0 Å². The van der Waals surface area contributed by atoms with Gasteiger partial charge in [-0.3, -0.25) is 0 Å². The quantitative estimate of drug-likeness (QED) is 0.777. The molecule has 0 aliphatic carbocycles. The highest BCUT2D eigenvalue weighted by molar-refractivity contribution is 9.10. The molecule has 1 unspecified atom stereocenters. The number of hydrogen-bond donors (Lipinski definition) is 0. The van der Waals surface area contributed by atoms with Crippen LogP contribution in [0.2, 0.25) is 0 Å². The second-order valence-corrected chi connectivity index (χ2v) is 7.49. The van der Waals surface area contributed by atoms with Crippen LogP contribution in [0.25, 0.3) is 0 Å². The first-order valence-electron chi connectivity index (χ1n) is 7.76. The predicted molar refractivity (Wildman–Crippen MR) is 92.2 cm³/mol. The lowest BCUT2D eigenvalue weighted by atomic mass is 10.2. The Hall–Kier alpha value is -1.43. The summed E-state index contributed by atoms with van der Waals surface area (Å²) in [5.74, 6) is 1.34. The van der Waals surface area contributed by atoms with E-state index in [9.17, 15) is 4.79 Å². The fourth-order valence-electron chi connectivity index (χ4n) is 2.52. The van der Waals surface area contributed by atoms with Crippen LogP contribution in [-0.4, -0.2) is 42.9 Å². The van der Waals surface area contributed by atoms with Gasteiger partial charge in [0.25, 0.3) is 0 Å². The van der Waals surface area contributed by atoms with E-state index in [2.05, 4.69) is 15.9 Å². The van der Waals surface area contributed by atoms with Crippen LogP contribution in [0.5, 0.6) is 11.5 Å². The number of carbonyl (C=O) groups excluding carboxylic acids is 1. The average molecular weight is 386 g/mol. The van der Waals surface area contributed by atoms with Crippen molar-refractivity contribution < 1.29 is 19.0 Å². The summed E-state index contributed by atoms with van der Waals surface area (Å²) < 4.78 is 17.6. The number of ether oxygens (including phenoxy) is 3. The number of hydrogen-bond acceptors (Lipinski definition) is 4. The molecule has 0 N–H and O–H groups in total. The Kier molecular flexibility index (Phi) is 5.79. The van der Waals surface area contributed by atoms with Gasteiger partial charge in [0.15, 0.2) is 11.5 Å². The monoisotopic (exact) mass is 385 g/mol. The van der Waals surface area contributed by atoms with Gasteiger partial charge in [-0.1, -0.05) is 15.9 Å². The summed E-state index contributed by atoms with van der Waals surface area (Å²) in [5.41, 5.74) is -0.486. The summed E-state index contributed by atoms with van der Waals surface area (Å²) in [4.78, 5) is 14.0. The van der Waals surface area contributed by atoms with Gasteiger partial charge in [-0.15, -0.1) is 0 Å². The molecule has 1 atom stereocenters. The highest BCUT2D eigenvalue weighted by Crippen LogP contribution is 2.31. The van der Waals surface area contributed by atoms with Crippen molar-refractivity contribution >= 4 is 22.0 Å². The van der Waals surface area contributed by atoms with E-state index in [1.807, 2.05) is 39.0 Å². The second-order valence-electron chi connectivity index (χ2n) is 6.58. The molecular formula is C17H24BrNO4. The molecule has 1 aromatic rings. The first-order chi connectivity index (χ1) is 10.8. The van der Waals surface area contributed by atoms with Gasteiger partial charge in [0.2, 0.25) is 0 Å². The van der Waals surface area contributed by atoms with Crippen LogP contribution in [0.3, 0.4) is 0 Å². The zero-order chi connectivity index (χ0) is 17.0. The summed E-state index contributed by atoms with van der Waals surface area (Å²) in [6.45, 7) is 6.76. The Morgan fingerprint density at radius 1 is 1.35 bits per heavy atom. The maximum Gasteiger partial charge on any atom is 0.410 e. The first kappa shape index (κ1) is 17.9. The standard InChI is InChI=1S/C17H24BrNO4/c1-17(2,3)23-16(20)19-9-5-6-13(19)11-22-14-8-7-12(18)10-15(14)21-4/h7-8,10,13H,5-6,9,11H2,1-4H3. The molecule has 6 heteroatoms. The van der Waals surface area contributed by atoms with E-state index in [4.69, 9.17) is 14.2 Å². The summed E-state index contributed by atoms with van der Waals surface area (Å²) in [6.07, 6.45) is 1.61. The SMILES string of the molecule is COc1cc(Br)ccc1OCC1CCCN1C(=O)OC(C)(C)C. The van der Waals surface area contributed by atoms with Gasteiger partial charge < -0.3 is 19.1 Å². The van der Waals surface area contributed by atoms with E-state index >= 15 is 0 Å². The van der Waals surface area contributed by atoms with E-state index in [0.29, 0.717) is 24.7 Å². The number of likely N-dealkylation sites (tertiary alicyclic amines) is 1. The molecule has 1 amide bonds. The van der Waals surface area contributed by atoms with E-state index in [1.165, 1.54) is 0 Å². The van der Waals surface area contributed by atoms with Gasteiger partial charge in [0.1, 0.15) is 12.2 Å². The Morgan fingerprint density at radius 3 is 2.74 bits per heavy atom. The molecule has 1 aliphatic rings. The van der Waals surface area contributed by atoms with Crippen molar-refractivity contribution in [2.75, 3.05) is 20.3 Å². The van der Waals surface area contributed by atoms with Gasteiger partial charge in [-0.2, -0.15) is 0 Å². The zero-order valence-corrected chi connectivity index (χ0v) is 15.7. The van der Waals surface area contributed by atoms with Crippen LogP contribution < -0.4 is 9.47 Å². The van der Waals surface area contributed by atoms with Crippen LogP contribution in [0, 0.1) is 0 Å². The Labute approximate surface area is 146 Å². The lowest BCUT2D eigenvalue weighted by Gasteiger charge is -2.28. The number of benzene rings is 1. The summed E-state index contributed by atoms with van der Waals surface area (Å²) in [7, 11) is 1.61. The minimum absolute atomic E-state index is 0.0261. The maximum atomic E-state index is 12.3. The van der Waals surface area contributed by atoms with E-state index in [-0.39, 0.29) is 12.1 Å². The lowest BCUT2D eigenvalue weighted by molar-refractivity contribution is 0.0187. The van der Waals surface area contributed by atoms with Crippen molar-refractivity contribution in [1.29, 1.82) is 0 Å². The molecule has 2 rings (SSSR count). The lowest BCUT2D eigenvalue weighted by Crippen LogP contribution is -2.42. The van der Waals surface area contributed by atoms with Gasteiger partial charge in [0.05, 0.1) is 13.2 Å². The van der Waals surface area contributed by atoms with Crippen LogP contribution in [0.4, 0.5) is 4.79 Å². The van der Waals surface area contributed by atoms with Crippen LogP contribution in [0.1, 0.15) is 33.6 Å². The highest BCUT2D eigenvalue weighted by Gasteiger charge is 2.32. The summed E-state index contributed by atoms with van der Waals surface area (Å²) in [5, 5.41) is 0. The minimum Gasteiger partial charge on any atom is -0.493 e. The fourth-order valence-corrected chi connectivity index (χ4v) is 2.86. The molecule has 1 saturated heterocycles. The maximum absolute atomic E-state index is 12.3. The molecule has 1 heterocycles. The van der Waals surface area contributed by atoms with Gasteiger partial charge in [-0.05, 0) is 51.8 Å². The van der Waals surface area contributed by atoms with Crippen LogP contribution in [-0.2, 0) is 4.74 Å². The van der Waals surface area contributed by atoms with Crippen molar-refractivity contribution in [3.8, 4) is 11.5 Å². The molecule has 0 spiro atoms. The van der Waals surface area contributed by atoms with Crippen LogP contribution >= 0.6 is 15.9 Å². The molecule has 0 aromatic heterocycles. The van der Waals surface area contributed by atoms with Crippen LogP contribution in [0.15, 0.2) is 22.7 Å².